The number of aliphatic hydroxyl groups excluding tert-OH is 5. The molecule has 84 heavy (non-hydrogen) atoms. The van der Waals surface area contributed by atoms with Crippen LogP contribution in [0.25, 0.3) is 0 Å². The first kappa shape index (κ1) is 80.4. The quantitative estimate of drug-likeness (QED) is 0.0261. The van der Waals surface area contributed by atoms with Crippen LogP contribution in [0.15, 0.2) is 36.5 Å². The zero-order valence-electron chi connectivity index (χ0n) is 55.7. The van der Waals surface area contributed by atoms with Crippen LogP contribution < -0.4 is 5.32 Å². The van der Waals surface area contributed by atoms with E-state index in [1.54, 1.807) is 6.08 Å². The summed E-state index contributed by atoms with van der Waals surface area (Å²) in [6, 6.07) is -0.822. The Morgan fingerprint density at radius 2 is 0.679 bits per heavy atom. The first-order chi connectivity index (χ1) is 41.3. The molecule has 0 bridgehead atoms. The first-order valence-corrected chi connectivity index (χ1v) is 37.2. The highest BCUT2D eigenvalue weighted by Crippen LogP contribution is 2.24. The van der Waals surface area contributed by atoms with Crippen LogP contribution in [-0.2, 0) is 14.3 Å². The van der Waals surface area contributed by atoms with Crippen LogP contribution in [0.3, 0.4) is 0 Å². The summed E-state index contributed by atoms with van der Waals surface area (Å²) in [6.07, 6.45) is 79.9. The van der Waals surface area contributed by atoms with Gasteiger partial charge in [0, 0.05) is 6.42 Å². The van der Waals surface area contributed by atoms with Gasteiger partial charge in [0.05, 0.1) is 25.4 Å². The van der Waals surface area contributed by atoms with Gasteiger partial charge in [0.15, 0.2) is 6.29 Å². The minimum atomic E-state index is -1.57. The molecule has 1 aliphatic heterocycles. The molecule has 1 rings (SSSR count). The Hall–Kier alpha value is -1.59. The fourth-order valence-electron chi connectivity index (χ4n) is 12.1. The molecule has 0 spiro atoms. The van der Waals surface area contributed by atoms with Crippen molar-refractivity contribution in [1.29, 1.82) is 0 Å². The van der Waals surface area contributed by atoms with Crippen LogP contribution in [0, 0.1) is 0 Å². The smallest absolute Gasteiger partial charge is 0.220 e. The van der Waals surface area contributed by atoms with Crippen molar-refractivity contribution in [3.63, 3.8) is 0 Å². The van der Waals surface area contributed by atoms with Gasteiger partial charge in [-0.2, -0.15) is 0 Å². The standard InChI is InChI=1S/C75H143NO8/c1-3-5-7-9-11-13-15-17-19-21-23-25-27-29-31-33-35-37-39-41-43-45-47-49-51-53-55-57-59-61-63-65-71(79)76-68(67-83-75-74(82)73(81)72(80)70(66-77)84-75)69(78)64-62-60-58-56-54-52-50-48-46-44-42-40-38-36-34-32-30-28-26-24-22-20-18-16-14-12-10-8-6-4-2/h21,23,54,56,62,64,68-70,72-75,77-78,80-82H,3-20,22,24-53,55,57-61,63,65-67H2,1-2H3,(H,76,79)/b23-21-,56-54+,64-62+. The molecule has 1 saturated heterocycles. The molecule has 0 aliphatic carbocycles. The number of allylic oxidation sites excluding steroid dienone is 5. The van der Waals surface area contributed by atoms with Crippen LogP contribution in [0.1, 0.15) is 380 Å². The maximum Gasteiger partial charge on any atom is 0.220 e. The highest BCUT2D eigenvalue weighted by atomic mass is 16.7. The summed E-state index contributed by atoms with van der Waals surface area (Å²) >= 11 is 0. The summed E-state index contributed by atoms with van der Waals surface area (Å²) in [6.45, 7) is 3.82. The fourth-order valence-corrected chi connectivity index (χ4v) is 12.1. The van der Waals surface area contributed by atoms with E-state index in [0.29, 0.717) is 6.42 Å². The molecule has 1 amide bonds. The SMILES string of the molecule is CCCCCCCCCC/C=C\CCCCCCCCCCCCCCCCCCCCCC(=O)NC(COC1OC(CO)C(O)C(O)C1O)C(O)/C=C/CC/C=C/CCCCCCCCCCCCCCCCCCCCCCCCCC. The van der Waals surface area contributed by atoms with Crippen molar-refractivity contribution < 1.29 is 39.8 Å². The van der Waals surface area contributed by atoms with Crippen molar-refractivity contribution in [3.8, 4) is 0 Å². The molecule has 7 atom stereocenters. The number of carbonyl (C=O) groups excluding carboxylic acids is 1. The topological polar surface area (TPSA) is 149 Å². The van der Waals surface area contributed by atoms with Crippen LogP contribution in [0.2, 0.25) is 0 Å². The molecular formula is C75H143NO8. The summed E-state index contributed by atoms with van der Waals surface area (Å²) in [5.74, 6) is -0.179. The molecule has 0 aromatic rings. The number of rotatable bonds is 66. The van der Waals surface area contributed by atoms with E-state index in [9.17, 15) is 30.3 Å². The molecule has 0 radical (unpaired) electrons. The number of unbranched alkanes of at least 4 members (excludes halogenated alkanes) is 52. The fraction of sp³-hybridized carbons (Fsp3) is 0.907. The van der Waals surface area contributed by atoms with Crippen molar-refractivity contribution in [3.05, 3.63) is 36.5 Å². The maximum absolute atomic E-state index is 13.1. The van der Waals surface area contributed by atoms with Crippen LogP contribution in [-0.4, -0.2) is 87.5 Å². The molecule has 1 fully saturated rings. The molecular weight excluding hydrogens is 1040 g/mol. The van der Waals surface area contributed by atoms with Gasteiger partial charge < -0.3 is 40.3 Å². The minimum Gasteiger partial charge on any atom is -0.394 e. The van der Waals surface area contributed by atoms with E-state index in [4.69, 9.17) is 9.47 Å². The predicted molar refractivity (Wildman–Crippen MR) is 360 cm³/mol. The Morgan fingerprint density at radius 1 is 0.393 bits per heavy atom. The van der Waals surface area contributed by atoms with Crippen molar-refractivity contribution >= 4 is 5.91 Å². The third kappa shape index (κ3) is 52.4. The zero-order chi connectivity index (χ0) is 60.7. The number of hydrogen-bond acceptors (Lipinski definition) is 8. The van der Waals surface area contributed by atoms with E-state index >= 15 is 0 Å². The molecule has 496 valence electrons. The van der Waals surface area contributed by atoms with Gasteiger partial charge in [-0.1, -0.05) is 352 Å². The number of aliphatic hydroxyl groups is 5. The van der Waals surface area contributed by atoms with Gasteiger partial charge in [0.1, 0.15) is 24.4 Å². The Balaban J connectivity index is 2.11. The van der Waals surface area contributed by atoms with Gasteiger partial charge in [-0.25, -0.2) is 0 Å². The summed E-state index contributed by atoms with van der Waals surface area (Å²) < 4.78 is 11.3. The molecule has 0 aromatic carbocycles. The third-order valence-electron chi connectivity index (χ3n) is 17.9. The monoisotopic (exact) mass is 1190 g/mol. The van der Waals surface area contributed by atoms with Gasteiger partial charge in [0.2, 0.25) is 5.91 Å². The lowest BCUT2D eigenvalue weighted by Crippen LogP contribution is -2.60. The molecule has 7 unspecified atom stereocenters. The van der Waals surface area contributed by atoms with E-state index < -0.39 is 49.5 Å². The number of hydrogen-bond donors (Lipinski definition) is 6. The molecule has 9 heteroatoms. The summed E-state index contributed by atoms with van der Waals surface area (Å²) in [4.78, 5) is 13.1. The Bertz CT molecular complexity index is 1420. The van der Waals surface area contributed by atoms with Gasteiger partial charge in [-0.15, -0.1) is 0 Å². The maximum atomic E-state index is 13.1. The van der Waals surface area contributed by atoms with E-state index in [1.165, 1.54) is 321 Å². The van der Waals surface area contributed by atoms with Crippen LogP contribution in [0.5, 0.6) is 0 Å². The van der Waals surface area contributed by atoms with E-state index in [2.05, 4.69) is 43.5 Å². The number of nitrogens with one attached hydrogen (secondary N) is 1. The van der Waals surface area contributed by atoms with Crippen molar-refractivity contribution in [2.45, 2.75) is 423 Å². The number of carbonyl (C=O) groups is 1. The summed E-state index contributed by atoms with van der Waals surface area (Å²) in [5, 5.41) is 54.8. The average Bonchev–Trinajstić information content (AvgIpc) is 3.70. The van der Waals surface area contributed by atoms with Crippen molar-refractivity contribution in [2.75, 3.05) is 13.2 Å². The highest BCUT2D eigenvalue weighted by molar-refractivity contribution is 5.76. The van der Waals surface area contributed by atoms with Crippen molar-refractivity contribution in [2.24, 2.45) is 0 Å². The number of amides is 1. The van der Waals surface area contributed by atoms with E-state index in [1.807, 2.05) is 6.08 Å². The van der Waals surface area contributed by atoms with Crippen LogP contribution >= 0.6 is 0 Å². The van der Waals surface area contributed by atoms with Gasteiger partial charge in [0.25, 0.3) is 0 Å². The zero-order valence-corrected chi connectivity index (χ0v) is 55.7. The highest BCUT2D eigenvalue weighted by Gasteiger charge is 2.44. The Kier molecular flexibility index (Phi) is 61.7. The van der Waals surface area contributed by atoms with E-state index in [-0.39, 0.29) is 12.5 Å². The Labute approximate surface area is 521 Å². The molecule has 6 N–H and O–H groups in total. The van der Waals surface area contributed by atoms with E-state index in [0.717, 1.165) is 38.5 Å². The van der Waals surface area contributed by atoms with Gasteiger partial charge >= 0.3 is 0 Å². The average molecular weight is 1190 g/mol. The summed E-state index contributed by atoms with van der Waals surface area (Å²) in [5.41, 5.74) is 0. The molecule has 9 nitrogen and oxygen atoms in total. The lowest BCUT2D eigenvalue weighted by molar-refractivity contribution is -0.302. The second-order valence-corrected chi connectivity index (χ2v) is 26.1. The molecule has 1 aliphatic rings. The summed E-state index contributed by atoms with van der Waals surface area (Å²) in [7, 11) is 0. The molecule has 0 aromatic heterocycles. The molecule has 1 heterocycles. The first-order valence-electron chi connectivity index (χ1n) is 37.2. The largest absolute Gasteiger partial charge is 0.394 e. The predicted octanol–water partition coefficient (Wildman–Crippen LogP) is 20.6. The second-order valence-electron chi connectivity index (χ2n) is 26.1. The minimum absolute atomic E-state index is 0.179. The van der Waals surface area contributed by atoms with Gasteiger partial charge in [-0.05, 0) is 57.8 Å². The normalized spacial score (nSPS) is 18.3. The number of ether oxygens (including phenoxy) is 2. The lowest BCUT2D eigenvalue weighted by atomic mass is 9.99. The third-order valence-corrected chi connectivity index (χ3v) is 17.9. The van der Waals surface area contributed by atoms with Crippen molar-refractivity contribution in [1.82, 2.24) is 5.32 Å². The lowest BCUT2D eigenvalue weighted by Gasteiger charge is -2.40. The molecule has 0 saturated carbocycles. The Morgan fingerprint density at radius 3 is 1.00 bits per heavy atom. The van der Waals surface area contributed by atoms with Crippen LogP contribution in [0.4, 0.5) is 0 Å². The van der Waals surface area contributed by atoms with Gasteiger partial charge in [-0.3, -0.25) is 4.79 Å². The second kappa shape index (κ2) is 64.4.